The van der Waals surface area contributed by atoms with Gasteiger partial charge in [0.05, 0.1) is 5.57 Å². The zero-order valence-electron chi connectivity index (χ0n) is 22.6. The van der Waals surface area contributed by atoms with Crippen molar-refractivity contribution in [2.24, 2.45) is 29.1 Å². The predicted octanol–water partition coefficient (Wildman–Crippen LogP) is 6.09. The minimum Gasteiger partial charge on any atom is -0.367 e. The number of carbonyl (C=O) groups is 2. The number of ketones is 1. The van der Waals surface area contributed by atoms with Gasteiger partial charge in [0.1, 0.15) is 0 Å². The molecule has 1 aliphatic heterocycles. The van der Waals surface area contributed by atoms with E-state index in [1.807, 2.05) is 37.3 Å². The molecular weight excluding hydrogens is 446 g/mol. The highest BCUT2D eigenvalue weighted by Gasteiger charge is 2.52. The molecule has 0 radical (unpaired) electrons. The molecule has 4 nitrogen and oxygen atoms in total. The molecule has 2 N–H and O–H groups in total. The van der Waals surface area contributed by atoms with E-state index in [0.717, 1.165) is 36.0 Å². The number of carbonyl (C=O) groups excluding carboxylic acids is 2. The highest BCUT2D eigenvalue weighted by Crippen LogP contribution is 2.56. The van der Waals surface area contributed by atoms with Crippen LogP contribution >= 0.6 is 0 Å². The first kappa shape index (κ1) is 26.3. The SMILES string of the molecule is C/C=C(C)/C=C(\C)[C@H]1C(C)=C[C@@]2(C)C[C@@H](C)CC[C@@H]2[C@H]1C(=O)C1=CC(O)(Cc2ccccc2)NC1=O. The molecule has 1 amide bonds. The van der Waals surface area contributed by atoms with Gasteiger partial charge in [-0.1, -0.05) is 85.5 Å². The van der Waals surface area contributed by atoms with Gasteiger partial charge in [0.2, 0.25) is 0 Å². The maximum absolute atomic E-state index is 14.3. The van der Waals surface area contributed by atoms with E-state index in [9.17, 15) is 14.7 Å². The summed E-state index contributed by atoms with van der Waals surface area (Å²) in [6.45, 7) is 12.9. The number of nitrogens with one attached hydrogen (secondary N) is 1. The van der Waals surface area contributed by atoms with Crippen molar-refractivity contribution in [1.82, 2.24) is 5.32 Å². The summed E-state index contributed by atoms with van der Waals surface area (Å²) in [4.78, 5) is 27.5. The Kier molecular flexibility index (Phi) is 7.30. The first-order chi connectivity index (χ1) is 17.0. The zero-order chi connectivity index (χ0) is 26.3. The fourth-order valence-electron chi connectivity index (χ4n) is 7.16. The van der Waals surface area contributed by atoms with Crippen LogP contribution in [0.1, 0.15) is 66.4 Å². The monoisotopic (exact) mass is 487 g/mol. The highest BCUT2D eigenvalue weighted by molar-refractivity contribution is 6.22. The molecule has 192 valence electrons. The number of Topliss-reactive ketones (excluding diaryl/α,β-unsaturated/α-hetero) is 1. The Bertz CT molecular complexity index is 1160. The van der Waals surface area contributed by atoms with Crippen molar-refractivity contribution in [3.63, 3.8) is 0 Å². The lowest BCUT2D eigenvalue weighted by Gasteiger charge is -2.52. The van der Waals surface area contributed by atoms with Gasteiger partial charge < -0.3 is 10.4 Å². The lowest BCUT2D eigenvalue weighted by Crippen LogP contribution is -2.48. The van der Waals surface area contributed by atoms with Gasteiger partial charge in [-0.05, 0) is 69.4 Å². The van der Waals surface area contributed by atoms with Crippen LogP contribution < -0.4 is 5.32 Å². The van der Waals surface area contributed by atoms with Crippen molar-refractivity contribution in [1.29, 1.82) is 0 Å². The Balaban J connectivity index is 1.76. The van der Waals surface area contributed by atoms with Crippen LogP contribution in [0.15, 0.2) is 76.9 Å². The minimum atomic E-state index is -1.56. The maximum atomic E-state index is 14.3. The molecule has 6 atom stereocenters. The smallest absolute Gasteiger partial charge is 0.257 e. The van der Waals surface area contributed by atoms with Crippen LogP contribution in [0.4, 0.5) is 0 Å². The number of hydrogen-bond donors (Lipinski definition) is 2. The van der Waals surface area contributed by atoms with Gasteiger partial charge in [0, 0.05) is 18.3 Å². The largest absolute Gasteiger partial charge is 0.367 e. The number of hydrogen-bond acceptors (Lipinski definition) is 3. The van der Waals surface area contributed by atoms with Crippen molar-refractivity contribution >= 4 is 11.7 Å². The molecule has 0 bridgehead atoms. The molecule has 1 unspecified atom stereocenters. The average molecular weight is 488 g/mol. The molecule has 4 rings (SSSR count). The number of benzene rings is 1. The van der Waals surface area contributed by atoms with E-state index >= 15 is 0 Å². The Morgan fingerprint density at radius 1 is 1.17 bits per heavy atom. The summed E-state index contributed by atoms with van der Waals surface area (Å²) in [6.07, 6.45) is 11.5. The Morgan fingerprint density at radius 2 is 1.86 bits per heavy atom. The number of fused-ring (bicyclic) bond motifs is 1. The van der Waals surface area contributed by atoms with Crippen molar-refractivity contribution < 1.29 is 14.7 Å². The predicted molar refractivity (Wildman–Crippen MR) is 145 cm³/mol. The summed E-state index contributed by atoms with van der Waals surface area (Å²) in [5, 5.41) is 13.9. The zero-order valence-corrected chi connectivity index (χ0v) is 22.6. The standard InChI is InChI=1S/C32H41NO3/c1-7-20(2)15-22(4)27-23(5)17-31(6)16-21(3)13-14-26(31)28(27)29(34)25-19-32(36,33-30(25)35)18-24-11-9-8-10-12-24/h7-12,15,17,19,21,26-28,36H,13-14,16,18H2,1-6H3,(H,33,35)/b20-7+,22-15+/t21-,26+,27-,28+,31+,32?/m0/s1. The highest BCUT2D eigenvalue weighted by atomic mass is 16.3. The Morgan fingerprint density at radius 3 is 2.53 bits per heavy atom. The van der Waals surface area contributed by atoms with E-state index in [0.29, 0.717) is 5.92 Å². The van der Waals surface area contributed by atoms with Crippen LogP contribution in [-0.4, -0.2) is 22.5 Å². The maximum Gasteiger partial charge on any atom is 0.257 e. The van der Waals surface area contributed by atoms with Gasteiger partial charge in [-0.25, -0.2) is 0 Å². The third-order valence-electron chi connectivity index (χ3n) is 8.69. The van der Waals surface area contributed by atoms with Gasteiger partial charge in [-0.3, -0.25) is 9.59 Å². The van der Waals surface area contributed by atoms with Crippen molar-refractivity contribution in [3.05, 3.63) is 82.5 Å². The van der Waals surface area contributed by atoms with Gasteiger partial charge in [0.15, 0.2) is 11.5 Å². The fraction of sp³-hybridized carbons (Fsp3) is 0.500. The van der Waals surface area contributed by atoms with Crippen LogP contribution in [-0.2, 0) is 16.0 Å². The van der Waals surface area contributed by atoms with E-state index < -0.39 is 11.6 Å². The van der Waals surface area contributed by atoms with Gasteiger partial charge in [-0.2, -0.15) is 0 Å². The van der Waals surface area contributed by atoms with E-state index in [1.54, 1.807) is 0 Å². The first-order valence-corrected chi connectivity index (χ1v) is 13.3. The summed E-state index contributed by atoms with van der Waals surface area (Å²) >= 11 is 0. The molecule has 4 heteroatoms. The van der Waals surface area contributed by atoms with E-state index in [4.69, 9.17) is 0 Å². The van der Waals surface area contributed by atoms with Gasteiger partial charge >= 0.3 is 0 Å². The summed E-state index contributed by atoms with van der Waals surface area (Å²) in [5.74, 6) is -0.234. The molecule has 3 aliphatic rings. The lowest BCUT2D eigenvalue weighted by molar-refractivity contribution is -0.129. The van der Waals surface area contributed by atoms with Gasteiger partial charge in [-0.15, -0.1) is 0 Å². The second kappa shape index (κ2) is 9.97. The minimum absolute atomic E-state index is 0.0598. The normalized spacial score (nSPS) is 35.0. The second-order valence-corrected chi connectivity index (χ2v) is 11.8. The van der Waals surface area contributed by atoms with E-state index in [1.165, 1.54) is 11.6 Å². The average Bonchev–Trinajstić information content (AvgIpc) is 3.10. The first-order valence-electron chi connectivity index (χ1n) is 13.3. The summed E-state index contributed by atoms with van der Waals surface area (Å²) < 4.78 is 0. The second-order valence-electron chi connectivity index (χ2n) is 11.8. The topological polar surface area (TPSA) is 66.4 Å². The van der Waals surface area contributed by atoms with Crippen LogP contribution in [0, 0.1) is 29.1 Å². The lowest BCUT2D eigenvalue weighted by atomic mass is 9.52. The van der Waals surface area contributed by atoms with E-state index in [-0.39, 0.29) is 40.9 Å². The van der Waals surface area contributed by atoms with Crippen LogP contribution in [0.2, 0.25) is 0 Å². The van der Waals surface area contributed by atoms with Crippen LogP contribution in [0.25, 0.3) is 0 Å². The molecular formula is C32H41NO3. The van der Waals surface area contributed by atoms with Crippen molar-refractivity contribution in [2.75, 3.05) is 0 Å². The summed E-state index contributed by atoms with van der Waals surface area (Å²) in [6, 6.07) is 9.54. The summed E-state index contributed by atoms with van der Waals surface area (Å²) in [5.41, 5.74) is 2.88. The van der Waals surface area contributed by atoms with Crippen molar-refractivity contribution in [3.8, 4) is 0 Å². The molecule has 1 aromatic carbocycles. The number of allylic oxidation sites excluding steroid dienone is 6. The number of amides is 1. The fourth-order valence-corrected chi connectivity index (χ4v) is 7.16. The molecule has 0 spiro atoms. The molecule has 36 heavy (non-hydrogen) atoms. The molecule has 1 heterocycles. The number of rotatable bonds is 6. The molecule has 2 aliphatic carbocycles. The third-order valence-corrected chi connectivity index (χ3v) is 8.69. The number of aliphatic hydroxyl groups is 1. The molecule has 1 fully saturated rings. The Labute approximate surface area is 216 Å². The Hall–Kier alpha value is -2.72. The summed E-state index contributed by atoms with van der Waals surface area (Å²) in [7, 11) is 0. The molecule has 0 aromatic heterocycles. The van der Waals surface area contributed by atoms with E-state index in [2.05, 4.69) is 58.2 Å². The molecule has 1 aromatic rings. The molecule has 1 saturated carbocycles. The van der Waals surface area contributed by atoms with Crippen LogP contribution in [0.5, 0.6) is 0 Å². The quantitative estimate of drug-likeness (QED) is 0.290. The third kappa shape index (κ3) is 5.06. The van der Waals surface area contributed by atoms with Crippen LogP contribution in [0.3, 0.4) is 0 Å². The van der Waals surface area contributed by atoms with Crippen molar-refractivity contribution in [2.45, 2.75) is 73.0 Å². The molecule has 0 saturated heterocycles. The van der Waals surface area contributed by atoms with Gasteiger partial charge in [0.25, 0.3) is 5.91 Å².